The summed E-state index contributed by atoms with van der Waals surface area (Å²) in [5.41, 5.74) is 1.56. The highest BCUT2D eigenvalue weighted by atomic mass is 79.9. The van der Waals surface area contributed by atoms with E-state index in [1.165, 1.54) is 4.90 Å². The molecule has 3 rings (SSSR count). The molecule has 2 aromatic rings. The van der Waals surface area contributed by atoms with Crippen LogP contribution in [0.5, 0.6) is 5.75 Å². The number of fused-ring (bicyclic) bond motifs is 1. The number of carbonyl (C=O) groups excluding carboxylic acids is 3. The predicted molar refractivity (Wildman–Crippen MR) is 111 cm³/mol. The number of ketones is 1. The van der Waals surface area contributed by atoms with E-state index in [2.05, 4.69) is 21.2 Å². The second-order valence-corrected chi connectivity index (χ2v) is 7.42. The molecular formula is C21H21BrN2O4. The van der Waals surface area contributed by atoms with E-state index in [0.29, 0.717) is 29.1 Å². The summed E-state index contributed by atoms with van der Waals surface area (Å²) in [6.45, 7) is 3.40. The SMILES string of the molecule is CCCC(=O)c1ccc2c(c1)N(CC(=O)Nc1ccccc1Br)C(=O)C(C)O2. The van der Waals surface area contributed by atoms with Gasteiger partial charge in [0.1, 0.15) is 12.3 Å². The van der Waals surface area contributed by atoms with Crippen molar-refractivity contribution in [1.82, 2.24) is 0 Å². The fraction of sp³-hybridized carbons (Fsp3) is 0.286. The zero-order chi connectivity index (χ0) is 20.3. The summed E-state index contributed by atoms with van der Waals surface area (Å²) < 4.78 is 6.39. The maximum absolute atomic E-state index is 12.7. The maximum atomic E-state index is 12.7. The highest BCUT2D eigenvalue weighted by Crippen LogP contribution is 2.35. The molecule has 0 fully saturated rings. The van der Waals surface area contributed by atoms with Crippen LogP contribution in [0.2, 0.25) is 0 Å². The lowest BCUT2D eigenvalue weighted by atomic mass is 10.0. The van der Waals surface area contributed by atoms with Crippen molar-refractivity contribution in [2.24, 2.45) is 0 Å². The Morgan fingerprint density at radius 1 is 1.21 bits per heavy atom. The molecule has 2 amide bonds. The molecule has 1 heterocycles. The fourth-order valence-corrected chi connectivity index (χ4v) is 3.39. The molecule has 0 aliphatic carbocycles. The minimum absolute atomic E-state index is 0.00557. The van der Waals surface area contributed by atoms with Gasteiger partial charge < -0.3 is 10.1 Å². The lowest BCUT2D eigenvalue weighted by molar-refractivity contribution is -0.127. The zero-order valence-electron chi connectivity index (χ0n) is 15.7. The molecule has 7 heteroatoms. The Hall–Kier alpha value is -2.67. The number of benzene rings is 2. The lowest BCUT2D eigenvalue weighted by Gasteiger charge is -2.32. The molecular weight excluding hydrogens is 424 g/mol. The molecule has 0 radical (unpaired) electrons. The number of carbonyl (C=O) groups is 3. The van der Waals surface area contributed by atoms with Crippen LogP contribution in [0.15, 0.2) is 46.9 Å². The van der Waals surface area contributed by atoms with Crippen molar-refractivity contribution in [1.29, 1.82) is 0 Å². The average Bonchev–Trinajstić information content (AvgIpc) is 2.67. The molecule has 0 bridgehead atoms. The van der Waals surface area contributed by atoms with Gasteiger partial charge in [0, 0.05) is 16.5 Å². The molecule has 0 aromatic heterocycles. The van der Waals surface area contributed by atoms with Gasteiger partial charge in [-0.05, 0) is 59.6 Å². The Morgan fingerprint density at radius 3 is 2.68 bits per heavy atom. The maximum Gasteiger partial charge on any atom is 0.268 e. The molecule has 1 unspecified atom stereocenters. The topological polar surface area (TPSA) is 75.7 Å². The summed E-state index contributed by atoms with van der Waals surface area (Å²) in [5, 5.41) is 2.79. The summed E-state index contributed by atoms with van der Waals surface area (Å²) in [5.74, 6) is -0.191. The van der Waals surface area contributed by atoms with Crippen molar-refractivity contribution >= 4 is 44.9 Å². The minimum atomic E-state index is -0.707. The van der Waals surface area contributed by atoms with E-state index < -0.39 is 6.10 Å². The Balaban J connectivity index is 1.87. The molecule has 146 valence electrons. The summed E-state index contributed by atoms with van der Waals surface area (Å²) >= 11 is 3.38. The van der Waals surface area contributed by atoms with Gasteiger partial charge in [-0.2, -0.15) is 0 Å². The smallest absolute Gasteiger partial charge is 0.268 e. The second kappa shape index (κ2) is 8.56. The summed E-state index contributed by atoms with van der Waals surface area (Å²) in [6.07, 6.45) is 0.452. The Kier molecular flexibility index (Phi) is 6.14. The highest BCUT2D eigenvalue weighted by Gasteiger charge is 2.33. The van der Waals surface area contributed by atoms with E-state index in [9.17, 15) is 14.4 Å². The molecule has 0 saturated carbocycles. The van der Waals surface area contributed by atoms with Gasteiger partial charge in [0.15, 0.2) is 11.9 Å². The number of hydrogen-bond donors (Lipinski definition) is 1. The van der Waals surface area contributed by atoms with Crippen molar-refractivity contribution in [3.05, 3.63) is 52.5 Å². The fourth-order valence-electron chi connectivity index (χ4n) is 3.01. The van der Waals surface area contributed by atoms with Gasteiger partial charge in [-0.1, -0.05) is 19.1 Å². The summed E-state index contributed by atoms with van der Waals surface area (Å²) in [4.78, 5) is 38.9. The van der Waals surface area contributed by atoms with E-state index in [1.54, 1.807) is 31.2 Å². The molecule has 0 saturated heterocycles. The first kappa shape index (κ1) is 20.1. The van der Waals surface area contributed by atoms with Gasteiger partial charge >= 0.3 is 0 Å². The van der Waals surface area contributed by atoms with E-state index >= 15 is 0 Å². The second-order valence-electron chi connectivity index (χ2n) is 6.57. The number of ether oxygens (including phenoxy) is 1. The van der Waals surface area contributed by atoms with Crippen LogP contribution in [0.25, 0.3) is 0 Å². The highest BCUT2D eigenvalue weighted by molar-refractivity contribution is 9.10. The Bertz CT molecular complexity index is 928. The minimum Gasteiger partial charge on any atom is -0.479 e. The molecule has 1 aliphatic rings. The van der Waals surface area contributed by atoms with Crippen molar-refractivity contribution in [2.45, 2.75) is 32.8 Å². The number of Topliss-reactive ketones (excluding diaryl/α,β-unsaturated/α-hetero) is 1. The molecule has 0 spiro atoms. The molecule has 1 N–H and O–H groups in total. The normalized spacial score (nSPS) is 15.6. The number of nitrogens with one attached hydrogen (secondary N) is 1. The molecule has 28 heavy (non-hydrogen) atoms. The third-order valence-electron chi connectivity index (χ3n) is 4.42. The largest absolute Gasteiger partial charge is 0.479 e. The van der Waals surface area contributed by atoms with Gasteiger partial charge in [-0.25, -0.2) is 0 Å². The number of nitrogens with zero attached hydrogens (tertiary/aromatic N) is 1. The number of anilines is 2. The monoisotopic (exact) mass is 444 g/mol. The van der Waals surface area contributed by atoms with Crippen LogP contribution >= 0.6 is 15.9 Å². The van der Waals surface area contributed by atoms with Crippen LogP contribution in [0, 0.1) is 0 Å². The van der Waals surface area contributed by atoms with Crippen LogP contribution < -0.4 is 15.0 Å². The van der Waals surface area contributed by atoms with Gasteiger partial charge in [0.05, 0.1) is 11.4 Å². The van der Waals surface area contributed by atoms with Crippen molar-refractivity contribution < 1.29 is 19.1 Å². The standard InChI is InChI=1S/C21H21BrN2O4/c1-3-6-18(25)14-9-10-19-17(11-14)24(21(27)13(2)28-19)12-20(26)23-16-8-5-4-7-15(16)22/h4-5,7-11,13H,3,6,12H2,1-2H3,(H,23,26). The first-order valence-corrected chi connectivity index (χ1v) is 9.89. The molecule has 6 nitrogen and oxygen atoms in total. The zero-order valence-corrected chi connectivity index (χ0v) is 17.3. The number of halogens is 1. The van der Waals surface area contributed by atoms with Crippen LogP contribution in [0.1, 0.15) is 37.0 Å². The Labute approximate surface area is 172 Å². The average molecular weight is 445 g/mol. The van der Waals surface area contributed by atoms with Gasteiger partial charge in [0.2, 0.25) is 5.91 Å². The lowest BCUT2D eigenvalue weighted by Crippen LogP contribution is -2.47. The Morgan fingerprint density at radius 2 is 1.96 bits per heavy atom. The number of rotatable bonds is 6. The quantitative estimate of drug-likeness (QED) is 0.677. The van der Waals surface area contributed by atoms with Crippen molar-refractivity contribution in [3.8, 4) is 5.75 Å². The summed E-state index contributed by atoms with van der Waals surface area (Å²) in [7, 11) is 0. The number of para-hydroxylation sites is 1. The third kappa shape index (κ3) is 4.25. The van der Waals surface area contributed by atoms with Gasteiger partial charge in [-0.3, -0.25) is 19.3 Å². The molecule has 1 atom stereocenters. The first-order chi connectivity index (χ1) is 13.4. The van der Waals surface area contributed by atoms with E-state index in [0.717, 1.165) is 10.9 Å². The van der Waals surface area contributed by atoms with E-state index in [4.69, 9.17) is 4.74 Å². The first-order valence-electron chi connectivity index (χ1n) is 9.10. The number of hydrogen-bond acceptors (Lipinski definition) is 4. The van der Waals surface area contributed by atoms with Crippen LogP contribution in [0.3, 0.4) is 0 Å². The van der Waals surface area contributed by atoms with Crippen LogP contribution in [0.4, 0.5) is 11.4 Å². The predicted octanol–water partition coefficient (Wildman–Crippen LogP) is 4.18. The molecule has 2 aromatic carbocycles. The van der Waals surface area contributed by atoms with Gasteiger partial charge in [0.25, 0.3) is 5.91 Å². The molecule has 1 aliphatic heterocycles. The third-order valence-corrected chi connectivity index (χ3v) is 5.11. The van der Waals surface area contributed by atoms with Crippen LogP contribution in [-0.4, -0.2) is 30.2 Å². The summed E-state index contributed by atoms with van der Waals surface area (Å²) in [6, 6.07) is 12.2. The van der Waals surface area contributed by atoms with Crippen molar-refractivity contribution in [2.75, 3.05) is 16.8 Å². The van der Waals surface area contributed by atoms with Crippen LogP contribution in [-0.2, 0) is 9.59 Å². The number of amides is 2. The van der Waals surface area contributed by atoms with E-state index in [-0.39, 0.29) is 24.1 Å². The van der Waals surface area contributed by atoms with Crippen molar-refractivity contribution in [3.63, 3.8) is 0 Å². The van der Waals surface area contributed by atoms with Gasteiger partial charge in [-0.15, -0.1) is 0 Å². The van der Waals surface area contributed by atoms with E-state index in [1.807, 2.05) is 25.1 Å².